The molecule has 0 aliphatic carbocycles. The largest absolute Gasteiger partial charge is 0.339 e. The quantitative estimate of drug-likeness (QED) is 0.476. The predicted molar refractivity (Wildman–Crippen MR) is 93.7 cm³/mol. The number of nitrogens with zero attached hydrogens (tertiary/aromatic N) is 7. The fourth-order valence-electron chi connectivity index (χ4n) is 3.12. The first kappa shape index (κ1) is 15.3. The Labute approximate surface area is 153 Å². The van der Waals surface area contributed by atoms with Crippen molar-refractivity contribution in [2.24, 2.45) is 0 Å². The molecular formula is C17H14ClN7O. The highest BCUT2D eigenvalue weighted by molar-refractivity contribution is 6.30. The third-order valence-electron chi connectivity index (χ3n) is 4.41. The lowest BCUT2D eigenvalue weighted by Gasteiger charge is -2.09. The summed E-state index contributed by atoms with van der Waals surface area (Å²) in [5.41, 5.74) is 4.34. The van der Waals surface area contributed by atoms with Gasteiger partial charge in [-0.05, 0) is 18.2 Å². The van der Waals surface area contributed by atoms with Crippen molar-refractivity contribution in [3.05, 3.63) is 53.0 Å². The second kappa shape index (κ2) is 5.50. The van der Waals surface area contributed by atoms with Crippen LogP contribution in [0.1, 0.15) is 37.0 Å². The Morgan fingerprint density at radius 1 is 1.23 bits per heavy atom. The van der Waals surface area contributed by atoms with Crippen molar-refractivity contribution in [1.82, 2.24) is 34.7 Å². The third kappa shape index (κ3) is 2.19. The zero-order chi connectivity index (χ0) is 17.8. The highest BCUT2D eigenvalue weighted by atomic mass is 35.5. The molecule has 8 nitrogen and oxygen atoms in total. The molecule has 0 fully saturated rings. The lowest BCUT2D eigenvalue weighted by molar-refractivity contribution is 0.365. The van der Waals surface area contributed by atoms with Crippen LogP contribution in [0.3, 0.4) is 0 Å². The molecule has 4 heterocycles. The standard InChI is InChI=1S/C17H14ClN7O/c1-9(2)17-21-16(22-26-17)15-14-6-11-7-20-23-25(11)13-5-10(18)3-4-12(13)24(14)8-19-15/h3-5,7-9H,6H2,1-2H3. The summed E-state index contributed by atoms with van der Waals surface area (Å²) < 4.78 is 9.17. The summed E-state index contributed by atoms with van der Waals surface area (Å²) in [6.07, 6.45) is 4.09. The van der Waals surface area contributed by atoms with Crippen LogP contribution >= 0.6 is 11.6 Å². The molecule has 26 heavy (non-hydrogen) atoms. The van der Waals surface area contributed by atoms with Crippen LogP contribution in [0, 0.1) is 0 Å². The minimum atomic E-state index is 0.158. The fraction of sp³-hybridized carbons (Fsp3) is 0.235. The maximum absolute atomic E-state index is 6.21. The van der Waals surface area contributed by atoms with E-state index in [0.29, 0.717) is 28.9 Å². The summed E-state index contributed by atoms with van der Waals surface area (Å²) >= 11 is 6.21. The number of aromatic nitrogens is 7. The van der Waals surface area contributed by atoms with E-state index in [4.69, 9.17) is 16.1 Å². The summed E-state index contributed by atoms with van der Waals surface area (Å²) in [6, 6.07) is 5.66. The Morgan fingerprint density at radius 2 is 2.12 bits per heavy atom. The molecule has 5 rings (SSSR count). The topological polar surface area (TPSA) is 87.5 Å². The Morgan fingerprint density at radius 3 is 2.92 bits per heavy atom. The second-order valence-corrected chi connectivity index (χ2v) is 6.90. The first-order chi connectivity index (χ1) is 12.6. The van der Waals surface area contributed by atoms with Crippen LogP contribution in [0.4, 0.5) is 0 Å². The molecule has 0 radical (unpaired) electrons. The van der Waals surface area contributed by atoms with Gasteiger partial charge in [-0.1, -0.05) is 35.8 Å². The van der Waals surface area contributed by atoms with Crippen LogP contribution < -0.4 is 0 Å². The van der Waals surface area contributed by atoms with E-state index in [1.165, 1.54) is 0 Å². The normalized spacial score (nSPS) is 12.6. The third-order valence-corrected chi connectivity index (χ3v) is 4.64. The molecule has 0 saturated carbocycles. The monoisotopic (exact) mass is 367 g/mol. The average Bonchev–Trinajstić information content (AvgIpc) is 3.33. The van der Waals surface area contributed by atoms with Gasteiger partial charge >= 0.3 is 0 Å². The Balaban J connectivity index is 1.74. The molecule has 0 atom stereocenters. The lowest BCUT2D eigenvalue weighted by Crippen LogP contribution is -2.03. The molecule has 1 aliphatic rings. The number of fused-ring (bicyclic) bond motifs is 5. The first-order valence-corrected chi connectivity index (χ1v) is 8.59. The van der Waals surface area contributed by atoms with Crippen molar-refractivity contribution in [2.75, 3.05) is 0 Å². The Hall–Kier alpha value is -3.00. The van der Waals surface area contributed by atoms with Crippen LogP contribution in [-0.4, -0.2) is 34.7 Å². The number of halogens is 1. The molecule has 1 aromatic carbocycles. The predicted octanol–water partition coefficient (Wildman–Crippen LogP) is 3.18. The number of hydrogen-bond donors (Lipinski definition) is 0. The molecule has 130 valence electrons. The Kier molecular flexibility index (Phi) is 3.23. The van der Waals surface area contributed by atoms with Crippen molar-refractivity contribution in [1.29, 1.82) is 0 Å². The van der Waals surface area contributed by atoms with Crippen LogP contribution in [0.2, 0.25) is 5.02 Å². The molecule has 3 aromatic heterocycles. The second-order valence-electron chi connectivity index (χ2n) is 6.47. The van der Waals surface area contributed by atoms with E-state index in [1.807, 2.05) is 36.6 Å². The molecule has 4 aromatic rings. The van der Waals surface area contributed by atoms with E-state index in [2.05, 4.69) is 25.4 Å². The maximum Gasteiger partial charge on any atom is 0.229 e. The SMILES string of the molecule is CC(C)c1nc(-c2ncn3c2Cc2cnnn2-c2cc(Cl)ccc2-3)no1. The summed E-state index contributed by atoms with van der Waals surface area (Å²) in [4.78, 5) is 9.05. The van der Waals surface area contributed by atoms with Gasteiger partial charge in [0.1, 0.15) is 12.0 Å². The van der Waals surface area contributed by atoms with E-state index >= 15 is 0 Å². The summed E-state index contributed by atoms with van der Waals surface area (Å²) in [7, 11) is 0. The van der Waals surface area contributed by atoms with Gasteiger partial charge in [-0.3, -0.25) is 4.57 Å². The molecule has 0 N–H and O–H groups in total. The smallest absolute Gasteiger partial charge is 0.229 e. The van der Waals surface area contributed by atoms with Crippen LogP contribution in [0.15, 0.2) is 35.2 Å². The van der Waals surface area contributed by atoms with Crippen molar-refractivity contribution in [2.45, 2.75) is 26.2 Å². The van der Waals surface area contributed by atoms with Gasteiger partial charge in [0, 0.05) is 17.4 Å². The number of benzene rings is 1. The van der Waals surface area contributed by atoms with Crippen molar-refractivity contribution in [3.8, 4) is 22.9 Å². The minimum Gasteiger partial charge on any atom is -0.339 e. The van der Waals surface area contributed by atoms with Gasteiger partial charge in [0.15, 0.2) is 0 Å². The van der Waals surface area contributed by atoms with Crippen molar-refractivity contribution < 1.29 is 4.52 Å². The van der Waals surface area contributed by atoms with E-state index in [9.17, 15) is 0 Å². The summed E-state index contributed by atoms with van der Waals surface area (Å²) in [6.45, 7) is 4.02. The highest BCUT2D eigenvalue weighted by Crippen LogP contribution is 2.33. The summed E-state index contributed by atoms with van der Waals surface area (Å²) in [5.74, 6) is 1.24. The molecule has 0 unspecified atom stereocenters. The van der Waals surface area contributed by atoms with Gasteiger partial charge in [-0.2, -0.15) is 4.98 Å². The van der Waals surface area contributed by atoms with Crippen molar-refractivity contribution in [3.63, 3.8) is 0 Å². The van der Waals surface area contributed by atoms with Crippen molar-refractivity contribution >= 4 is 11.6 Å². The fourth-order valence-corrected chi connectivity index (χ4v) is 3.29. The average molecular weight is 368 g/mol. The lowest BCUT2D eigenvalue weighted by atomic mass is 10.2. The van der Waals surface area contributed by atoms with E-state index in [-0.39, 0.29) is 5.92 Å². The van der Waals surface area contributed by atoms with E-state index < -0.39 is 0 Å². The van der Waals surface area contributed by atoms with Gasteiger partial charge in [-0.25, -0.2) is 9.67 Å². The maximum atomic E-state index is 6.21. The molecule has 9 heteroatoms. The van der Waals surface area contributed by atoms with Crippen LogP contribution in [0.25, 0.3) is 22.9 Å². The van der Waals surface area contributed by atoms with Gasteiger partial charge in [0.2, 0.25) is 11.7 Å². The number of imidazole rings is 1. The van der Waals surface area contributed by atoms with Gasteiger partial charge in [-0.15, -0.1) is 5.10 Å². The zero-order valence-electron chi connectivity index (χ0n) is 14.1. The molecular weight excluding hydrogens is 354 g/mol. The van der Waals surface area contributed by atoms with Gasteiger partial charge < -0.3 is 4.52 Å². The highest BCUT2D eigenvalue weighted by Gasteiger charge is 2.26. The summed E-state index contributed by atoms with van der Waals surface area (Å²) in [5, 5.41) is 13.0. The molecule has 0 saturated heterocycles. The Bertz CT molecular complexity index is 1120. The van der Waals surface area contributed by atoms with Gasteiger partial charge in [0.05, 0.1) is 29.0 Å². The van der Waals surface area contributed by atoms with Gasteiger partial charge in [0.25, 0.3) is 0 Å². The first-order valence-electron chi connectivity index (χ1n) is 8.22. The minimum absolute atomic E-state index is 0.158. The van der Waals surface area contributed by atoms with E-state index in [1.54, 1.807) is 17.2 Å². The van der Waals surface area contributed by atoms with E-state index in [0.717, 1.165) is 22.8 Å². The molecule has 0 spiro atoms. The molecule has 0 amide bonds. The van der Waals surface area contributed by atoms with Crippen LogP contribution in [-0.2, 0) is 6.42 Å². The molecule has 1 aliphatic heterocycles. The number of hydrogen-bond acceptors (Lipinski definition) is 6. The zero-order valence-corrected chi connectivity index (χ0v) is 14.8. The van der Waals surface area contributed by atoms with Crippen LogP contribution in [0.5, 0.6) is 0 Å². The molecule has 0 bridgehead atoms. The number of rotatable bonds is 2.